The Kier molecular flexibility index (Phi) is 3.46. The third-order valence-electron chi connectivity index (χ3n) is 4.80. The van der Waals surface area contributed by atoms with Gasteiger partial charge in [-0.1, -0.05) is 12.1 Å². The highest BCUT2D eigenvalue weighted by atomic mass is 32.1. The summed E-state index contributed by atoms with van der Waals surface area (Å²) in [4.78, 5) is 18.6. The molecule has 2 heterocycles. The van der Waals surface area contributed by atoms with E-state index >= 15 is 0 Å². The van der Waals surface area contributed by atoms with Crippen molar-refractivity contribution in [2.24, 2.45) is 5.41 Å². The molecule has 120 valence electrons. The van der Waals surface area contributed by atoms with Crippen LogP contribution in [0.3, 0.4) is 0 Å². The molecule has 1 saturated heterocycles. The van der Waals surface area contributed by atoms with E-state index in [0.717, 1.165) is 23.4 Å². The number of nitrogens with zero attached hydrogens (tertiary/aromatic N) is 2. The molecule has 1 spiro atoms. The van der Waals surface area contributed by atoms with Gasteiger partial charge in [0, 0.05) is 30.3 Å². The summed E-state index contributed by atoms with van der Waals surface area (Å²) in [5.74, 6) is -0.384. The molecule has 2 aliphatic rings. The van der Waals surface area contributed by atoms with Crippen LogP contribution < -0.4 is 0 Å². The Labute approximate surface area is 137 Å². The van der Waals surface area contributed by atoms with Gasteiger partial charge in [-0.2, -0.15) is 0 Å². The highest BCUT2D eigenvalue weighted by Gasteiger charge is 2.55. The summed E-state index contributed by atoms with van der Waals surface area (Å²) in [6.07, 6.45) is 2.11. The lowest BCUT2D eigenvalue weighted by atomic mass is 10.0. The van der Waals surface area contributed by atoms with Crippen molar-refractivity contribution in [1.82, 2.24) is 9.88 Å². The Balaban J connectivity index is 1.46. The van der Waals surface area contributed by atoms with Crippen LogP contribution >= 0.6 is 11.3 Å². The van der Waals surface area contributed by atoms with E-state index in [0.29, 0.717) is 25.2 Å². The van der Waals surface area contributed by atoms with Gasteiger partial charge in [0.25, 0.3) is 5.91 Å². The number of thiazole rings is 1. The molecule has 4 nitrogen and oxygen atoms in total. The molecule has 1 aromatic heterocycles. The van der Waals surface area contributed by atoms with Gasteiger partial charge in [0.05, 0.1) is 11.1 Å². The fraction of sp³-hybridized carbons (Fsp3) is 0.412. The summed E-state index contributed by atoms with van der Waals surface area (Å²) in [7, 11) is 0. The predicted molar refractivity (Wildman–Crippen MR) is 84.9 cm³/mol. The molecule has 1 aliphatic heterocycles. The summed E-state index contributed by atoms with van der Waals surface area (Å²) in [5.41, 5.74) is 1.22. The average molecular weight is 332 g/mol. The molecule has 1 aliphatic carbocycles. The maximum absolute atomic E-state index is 13.2. The van der Waals surface area contributed by atoms with Crippen LogP contribution in [0.1, 0.15) is 33.9 Å². The second-order valence-corrected chi connectivity index (χ2v) is 7.44. The van der Waals surface area contributed by atoms with Crippen LogP contribution in [0.2, 0.25) is 0 Å². The van der Waals surface area contributed by atoms with Gasteiger partial charge in [-0.25, -0.2) is 9.37 Å². The summed E-state index contributed by atoms with van der Waals surface area (Å²) >= 11 is 1.41. The molecule has 2 fully saturated rings. The minimum absolute atomic E-state index is 0.0456. The van der Waals surface area contributed by atoms with Crippen molar-refractivity contribution in [3.05, 3.63) is 51.7 Å². The second kappa shape index (κ2) is 5.39. The van der Waals surface area contributed by atoms with Gasteiger partial charge in [0.15, 0.2) is 0 Å². The molecule has 1 atom stereocenters. The quantitative estimate of drug-likeness (QED) is 0.939. The van der Waals surface area contributed by atoms with E-state index in [2.05, 4.69) is 4.98 Å². The lowest BCUT2D eigenvalue weighted by Gasteiger charge is -2.13. The summed E-state index contributed by atoms with van der Waals surface area (Å²) in [6, 6.07) is 6.41. The van der Waals surface area contributed by atoms with Crippen molar-refractivity contribution in [1.29, 1.82) is 0 Å². The molecule has 23 heavy (non-hydrogen) atoms. The first-order chi connectivity index (χ1) is 11.1. The number of halogens is 1. The average Bonchev–Trinajstić information content (AvgIpc) is 3.03. The molecule has 2 aromatic rings. The first-order valence-electron chi connectivity index (χ1n) is 7.72. The van der Waals surface area contributed by atoms with Crippen molar-refractivity contribution < 1.29 is 14.3 Å². The highest BCUT2D eigenvalue weighted by Crippen LogP contribution is 2.52. The van der Waals surface area contributed by atoms with Gasteiger partial charge in [-0.3, -0.25) is 4.79 Å². The van der Waals surface area contributed by atoms with E-state index in [4.69, 9.17) is 0 Å². The molecule has 6 heteroatoms. The summed E-state index contributed by atoms with van der Waals surface area (Å²) < 4.78 is 13.2. The van der Waals surface area contributed by atoms with Gasteiger partial charge in [-0.05, 0) is 30.5 Å². The van der Waals surface area contributed by atoms with Gasteiger partial charge in [0.2, 0.25) is 0 Å². The maximum atomic E-state index is 13.2. The number of amides is 1. The molecule has 1 aromatic carbocycles. The fourth-order valence-corrected chi connectivity index (χ4v) is 4.04. The predicted octanol–water partition coefficient (Wildman–Crippen LogP) is 2.47. The Morgan fingerprint density at radius 3 is 3.00 bits per heavy atom. The van der Waals surface area contributed by atoms with Crippen LogP contribution in [0.4, 0.5) is 4.39 Å². The van der Waals surface area contributed by atoms with E-state index in [1.165, 1.54) is 23.5 Å². The molecule has 0 bridgehead atoms. The highest BCUT2D eigenvalue weighted by molar-refractivity contribution is 7.09. The van der Waals surface area contributed by atoms with Crippen LogP contribution in [0.25, 0.3) is 0 Å². The third-order valence-corrected chi connectivity index (χ3v) is 5.65. The number of rotatable bonds is 3. The molecule has 4 rings (SSSR count). The van der Waals surface area contributed by atoms with Crippen LogP contribution in [-0.4, -0.2) is 40.1 Å². The van der Waals surface area contributed by atoms with Crippen molar-refractivity contribution in [3.8, 4) is 0 Å². The minimum atomic E-state index is -0.406. The number of aliphatic hydroxyl groups excluding tert-OH is 1. The van der Waals surface area contributed by atoms with Crippen molar-refractivity contribution in [3.63, 3.8) is 0 Å². The first-order valence-corrected chi connectivity index (χ1v) is 8.60. The summed E-state index contributed by atoms with van der Waals surface area (Å²) in [6.45, 7) is 1.03. The van der Waals surface area contributed by atoms with E-state index in [1.807, 2.05) is 6.07 Å². The van der Waals surface area contributed by atoms with Gasteiger partial charge in [-0.15, -0.1) is 11.3 Å². The van der Waals surface area contributed by atoms with Gasteiger partial charge < -0.3 is 10.0 Å². The lowest BCUT2D eigenvalue weighted by Crippen LogP contribution is -2.29. The van der Waals surface area contributed by atoms with E-state index in [-0.39, 0.29) is 17.1 Å². The fourth-order valence-electron chi connectivity index (χ4n) is 3.23. The van der Waals surface area contributed by atoms with Crippen molar-refractivity contribution in [2.75, 3.05) is 13.1 Å². The standard InChI is InChI=1S/C17H17FN2O2S/c18-12-3-1-2-11(6-12)7-15-19-13(9-23-15)16(22)20-8-14(21)17(10-20)4-5-17/h1-3,6,9,14,21H,4-5,7-8,10H2. The van der Waals surface area contributed by atoms with E-state index in [1.54, 1.807) is 16.3 Å². The Hall–Kier alpha value is -1.79. The Morgan fingerprint density at radius 1 is 1.48 bits per heavy atom. The number of hydrogen-bond acceptors (Lipinski definition) is 4. The zero-order valence-electron chi connectivity index (χ0n) is 12.5. The number of aliphatic hydroxyl groups is 1. The normalized spacial score (nSPS) is 21.8. The number of β-amino-alcohol motifs (C(OH)–C–C–N with tert-alkyl or cyclic N) is 1. The molecule has 0 radical (unpaired) electrons. The van der Waals surface area contributed by atoms with Crippen LogP contribution in [0.15, 0.2) is 29.6 Å². The van der Waals surface area contributed by atoms with Gasteiger partial charge >= 0.3 is 0 Å². The number of benzene rings is 1. The molecular formula is C17H17FN2O2S. The van der Waals surface area contributed by atoms with E-state index < -0.39 is 6.10 Å². The number of aromatic nitrogens is 1. The van der Waals surface area contributed by atoms with Crippen LogP contribution in [-0.2, 0) is 6.42 Å². The molecule has 1 N–H and O–H groups in total. The minimum Gasteiger partial charge on any atom is -0.391 e. The van der Waals surface area contributed by atoms with Crippen LogP contribution in [0.5, 0.6) is 0 Å². The second-order valence-electron chi connectivity index (χ2n) is 6.50. The number of likely N-dealkylation sites (tertiary alicyclic amines) is 1. The Morgan fingerprint density at radius 2 is 2.30 bits per heavy atom. The van der Waals surface area contributed by atoms with Crippen molar-refractivity contribution >= 4 is 17.2 Å². The number of carbonyl (C=O) groups excluding carboxylic acids is 1. The monoisotopic (exact) mass is 332 g/mol. The largest absolute Gasteiger partial charge is 0.391 e. The molecule has 1 amide bonds. The lowest BCUT2D eigenvalue weighted by molar-refractivity contribution is 0.0759. The summed E-state index contributed by atoms with van der Waals surface area (Å²) in [5, 5.41) is 12.6. The zero-order chi connectivity index (χ0) is 16.0. The van der Waals surface area contributed by atoms with E-state index in [9.17, 15) is 14.3 Å². The molecule has 1 unspecified atom stereocenters. The van der Waals surface area contributed by atoms with Gasteiger partial charge in [0.1, 0.15) is 11.5 Å². The number of carbonyl (C=O) groups is 1. The smallest absolute Gasteiger partial charge is 0.273 e. The molecule has 1 saturated carbocycles. The SMILES string of the molecule is O=C(c1csc(Cc2cccc(F)c2)n1)N1CC(O)C2(CC2)C1. The third kappa shape index (κ3) is 2.77. The number of hydrogen-bond donors (Lipinski definition) is 1. The Bertz CT molecular complexity index is 757. The topological polar surface area (TPSA) is 53.4 Å². The van der Waals surface area contributed by atoms with Crippen molar-refractivity contribution in [2.45, 2.75) is 25.4 Å². The first kappa shape index (κ1) is 14.8. The molecular weight excluding hydrogens is 315 g/mol. The van der Waals surface area contributed by atoms with Crippen LogP contribution in [0, 0.1) is 11.2 Å². The zero-order valence-corrected chi connectivity index (χ0v) is 13.4. The maximum Gasteiger partial charge on any atom is 0.273 e.